The van der Waals surface area contributed by atoms with Crippen molar-refractivity contribution in [3.63, 3.8) is 0 Å². The second kappa shape index (κ2) is 5.14. The molecule has 94 valence electrons. The average Bonchev–Trinajstić information content (AvgIpc) is 2.28. The number of aromatic nitrogens is 1. The number of hydrogen-bond donors (Lipinski definition) is 1. The van der Waals surface area contributed by atoms with Crippen molar-refractivity contribution in [1.29, 1.82) is 0 Å². The lowest BCUT2D eigenvalue weighted by atomic mass is 10.1. The molecule has 2 N–H and O–H groups in total. The van der Waals surface area contributed by atoms with Crippen molar-refractivity contribution in [2.45, 2.75) is 20.4 Å². The zero-order valence-electron chi connectivity index (χ0n) is 10.4. The van der Waals surface area contributed by atoms with Crippen LogP contribution in [0.1, 0.15) is 16.8 Å². The molecule has 1 heterocycles. The largest absolute Gasteiger partial charge is 0.439 e. The number of benzene rings is 1. The molecular formula is C14H15FN2O. The summed E-state index contributed by atoms with van der Waals surface area (Å²) in [7, 11) is 0. The van der Waals surface area contributed by atoms with Crippen molar-refractivity contribution < 1.29 is 9.13 Å². The molecule has 2 rings (SSSR count). The molecule has 0 bridgehead atoms. The molecule has 0 fully saturated rings. The summed E-state index contributed by atoms with van der Waals surface area (Å²) in [6, 6.07) is 7.91. The minimum atomic E-state index is -0.342. The number of ether oxygens (including phenoxy) is 1. The Labute approximate surface area is 105 Å². The zero-order chi connectivity index (χ0) is 13.1. The van der Waals surface area contributed by atoms with E-state index in [0.717, 1.165) is 16.8 Å². The summed E-state index contributed by atoms with van der Waals surface area (Å²) >= 11 is 0. The van der Waals surface area contributed by atoms with Gasteiger partial charge in [-0.05, 0) is 37.6 Å². The van der Waals surface area contributed by atoms with Crippen LogP contribution in [0.15, 0.2) is 30.3 Å². The Bertz CT molecular complexity index is 570. The van der Waals surface area contributed by atoms with Gasteiger partial charge in [-0.1, -0.05) is 6.07 Å². The van der Waals surface area contributed by atoms with E-state index in [9.17, 15) is 4.39 Å². The summed E-state index contributed by atoms with van der Waals surface area (Å²) in [6.45, 7) is 4.17. The Balaban J connectivity index is 2.39. The third-order valence-electron chi connectivity index (χ3n) is 2.65. The summed E-state index contributed by atoms with van der Waals surface area (Å²) in [5.41, 5.74) is 8.40. The molecule has 18 heavy (non-hydrogen) atoms. The quantitative estimate of drug-likeness (QED) is 0.905. The second-order valence-electron chi connectivity index (χ2n) is 4.13. The van der Waals surface area contributed by atoms with Crippen molar-refractivity contribution in [2.24, 2.45) is 5.73 Å². The van der Waals surface area contributed by atoms with E-state index in [4.69, 9.17) is 10.5 Å². The fourth-order valence-electron chi connectivity index (χ4n) is 1.80. The van der Waals surface area contributed by atoms with Crippen LogP contribution < -0.4 is 10.5 Å². The van der Waals surface area contributed by atoms with Gasteiger partial charge in [0.05, 0.1) is 0 Å². The van der Waals surface area contributed by atoms with E-state index in [1.165, 1.54) is 12.1 Å². The second-order valence-corrected chi connectivity index (χ2v) is 4.13. The lowest BCUT2D eigenvalue weighted by Crippen LogP contribution is -2.05. The Morgan fingerprint density at radius 2 is 2.06 bits per heavy atom. The Kier molecular flexibility index (Phi) is 3.58. The monoisotopic (exact) mass is 246 g/mol. The van der Waals surface area contributed by atoms with Gasteiger partial charge < -0.3 is 10.5 Å². The highest BCUT2D eigenvalue weighted by molar-refractivity contribution is 5.38. The Morgan fingerprint density at radius 1 is 1.28 bits per heavy atom. The van der Waals surface area contributed by atoms with E-state index in [1.54, 1.807) is 12.1 Å². The van der Waals surface area contributed by atoms with Gasteiger partial charge in [-0.3, -0.25) is 0 Å². The van der Waals surface area contributed by atoms with Gasteiger partial charge in [-0.15, -0.1) is 0 Å². The third kappa shape index (κ3) is 2.65. The number of rotatable bonds is 3. The molecule has 0 spiro atoms. The molecule has 0 aliphatic carbocycles. The molecule has 0 amide bonds. The summed E-state index contributed by atoms with van der Waals surface area (Å²) in [5.74, 6) is 0.522. The van der Waals surface area contributed by atoms with Crippen molar-refractivity contribution in [3.05, 3.63) is 53.0 Å². The summed E-state index contributed by atoms with van der Waals surface area (Å²) < 4.78 is 18.7. The van der Waals surface area contributed by atoms with E-state index in [-0.39, 0.29) is 5.82 Å². The zero-order valence-corrected chi connectivity index (χ0v) is 10.4. The van der Waals surface area contributed by atoms with Crippen LogP contribution in [0.2, 0.25) is 0 Å². The maximum absolute atomic E-state index is 13.1. The number of halogens is 1. The fraction of sp³-hybridized carbons (Fsp3) is 0.214. The number of pyridine rings is 1. The maximum Gasteiger partial charge on any atom is 0.224 e. The molecule has 2 aromatic rings. The molecule has 1 aromatic heterocycles. The first kappa shape index (κ1) is 12.5. The lowest BCUT2D eigenvalue weighted by Gasteiger charge is -2.12. The molecular weight excluding hydrogens is 231 g/mol. The van der Waals surface area contributed by atoms with Gasteiger partial charge in [0.25, 0.3) is 0 Å². The smallest absolute Gasteiger partial charge is 0.224 e. The standard InChI is InChI=1S/C14H15FN2O/c1-9-6-10(2)17-14(13(9)8-16)18-12-5-3-4-11(15)7-12/h3-7H,8,16H2,1-2H3. The van der Waals surface area contributed by atoms with Crippen LogP contribution in [0.3, 0.4) is 0 Å². The van der Waals surface area contributed by atoms with E-state index in [2.05, 4.69) is 4.98 Å². The molecule has 3 nitrogen and oxygen atoms in total. The molecule has 4 heteroatoms. The van der Waals surface area contributed by atoms with Crippen molar-refractivity contribution in [3.8, 4) is 11.6 Å². The van der Waals surface area contributed by atoms with E-state index >= 15 is 0 Å². The van der Waals surface area contributed by atoms with Crippen molar-refractivity contribution in [2.75, 3.05) is 0 Å². The minimum absolute atomic E-state index is 0.337. The van der Waals surface area contributed by atoms with Gasteiger partial charge in [-0.2, -0.15) is 0 Å². The predicted octanol–water partition coefficient (Wildman–Crippen LogP) is 3.09. The molecule has 0 aliphatic heterocycles. The minimum Gasteiger partial charge on any atom is -0.439 e. The molecule has 0 saturated carbocycles. The molecule has 0 atom stereocenters. The first-order valence-corrected chi connectivity index (χ1v) is 5.70. The van der Waals surface area contributed by atoms with Crippen LogP contribution in [-0.4, -0.2) is 4.98 Å². The van der Waals surface area contributed by atoms with Crippen LogP contribution in [0, 0.1) is 19.7 Å². The van der Waals surface area contributed by atoms with Gasteiger partial charge in [-0.25, -0.2) is 9.37 Å². The van der Waals surface area contributed by atoms with Gasteiger partial charge in [0.2, 0.25) is 5.88 Å². The molecule has 0 radical (unpaired) electrons. The van der Waals surface area contributed by atoms with Gasteiger partial charge in [0, 0.05) is 23.9 Å². The van der Waals surface area contributed by atoms with Crippen LogP contribution in [-0.2, 0) is 6.54 Å². The highest BCUT2D eigenvalue weighted by atomic mass is 19.1. The fourth-order valence-corrected chi connectivity index (χ4v) is 1.80. The van der Waals surface area contributed by atoms with E-state index in [0.29, 0.717) is 18.2 Å². The summed E-state index contributed by atoms with van der Waals surface area (Å²) in [6.07, 6.45) is 0. The number of nitrogens with two attached hydrogens (primary N) is 1. The topological polar surface area (TPSA) is 48.1 Å². The molecule has 0 aliphatic rings. The van der Waals surface area contributed by atoms with Crippen LogP contribution >= 0.6 is 0 Å². The predicted molar refractivity (Wildman–Crippen MR) is 68.1 cm³/mol. The van der Waals surface area contributed by atoms with Crippen LogP contribution in [0.5, 0.6) is 11.6 Å². The number of nitrogens with zero attached hydrogens (tertiary/aromatic N) is 1. The van der Waals surface area contributed by atoms with Gasteiger partial charge >= 0.3 is 0 Å². The van der Waals surface area contributed by atoms with E-state index < -0.39 is 0 Å². The number of hydrogen-bond acceptors (Lipinski definition) is 3. The Hall–Kier alpha value is -1.94. The number of aryl methyl sites for hydroxylation is 2. The Morgan fingerprint density at radius 3 is 2.72 bits per heavy atom. The van der Waals surface area contributed by atoms with Gasteiger partial charge in [0.15, 0.2) is 0 Å². The first-order chi connectivity index (χ1) is 8.60. The normalized spacial score (nSPS) is 10.4. The SMILES string of the molecule is Cc1cc(C)c(CN)c(Oc2cccc(F)c2)n1. The average molecular weight is 246 g/mol. The van der Waals surface area contributed by atoms with E-state index in [1.807, 2.05) is 19.9 Å². The van der Waals surface area contributed by atoms with Crippen molar-refractivity contribution >= 4 is 0 Å². The highest BCUT2D eigenvalue weighted by Crippen LogP contribution is 2.26. The molecule has 0 saturated heterocycles. The summed E-state index contributed by atoms with van der Waals surface area (Å²) in [5, 5.41) is 0. The molecule has 0 unspecified atom stereocenters. The van der Waals surface area contributed by atoms with Crippen LogP contribution in [0.25, 0.3) is 0 Å². The maximum atomic E-state index is 13.1. The molecule has 1 aromatic carbocycles. The lowest BCUT2D eigenvalue weighted by molar-refractivity contribution is 0.450. The van der Waals surface area contributed by atoms with Gasteiger partial charge in [0.1, 0.15) is 11.6 Å². The van der Waals surface area contributed by atoms with Crippen molar-refractivity contribution in [1.82, 2.24) is 4.98 Å². The first-order valence-electron chi connectivity index (χ1n) is 5.70. The highest BCUT2D eigenvalue weighted by Gasteiger charge is 2.10. The third-order valence-corrected chi connectivity index (χ3v) is 2.65. The van der Waals surface area contributed by atoms with Crippen LogP contribution in [0.4, 0.5) is 4.39 Å². The summed E-state index contributed by atoms with van der Waals surface area (Å²) in [4.78, 5) is 4.31.